The van der Waals surface area contributed by atoms with E-state index in [9.17, 15) is 9.59 Å². The zero-order chi connectivity index (χ0) is 13.4. The van der Waals surface area contributed by atoms with E-state index in [1.165, 1.54) is 18.4 Å². The summed E-state index contributed by atoms with van der Waals surface area (Å²) in [6, 6.07) is 3.10. The van der Waals surface area contributed by atoms with Gasteiger partial charge in [0.2, 0.25) is 0 Å². The summed E-state index contributed by atoms with van der Waals surface area (Å²) in [5.41, 5.74) is 6.00. The van der Waals surface area contributed by atoms with Crippen LogP contribution < -0.4 is 11.4 Å². The average Bonchev–Trinajstić information content (AvgIpc) is 2.81. The summed E-state index contributed by atoms with van der Waals surface area (Å²) in [5.74, 6) is 1.06. The first-order valence-electron chi connectivity index (χ1n) is 6.77. The van der Waals surface area contributed by atoms with Crippen LogP contribution in [0, 0.1) is 11.8 Å². The van der Waals surface area contributed by atoms with Gasteiger partial charge in [0.05, 0.1) is 5.56 Å². The number of hydrogen-bond acceptors (Lipinski definition) is 4. The minimum Gasteiger partial charge on any atom is -0.430 e. The molecule has 3 atom stereocenters. The lowest BCUT2D eigenvalue weighted by molar-refractivity contribution is 0.0781. The quantitative estimate of drug-likeness (QED) is 0.813. The second kappa shape index (κ2) is 4.81. The fourth-order valence-electron chi connectivity index (χ4n) is 3.30. The molecule has 1 saturated carbocycles. The topological polar surface area (TPSA) is 76.5 Å². The van der Waals surface area contributed by atoms with Gasteiger partial charge >= 0.3 is 5.63 Å². The predicted octanol–water partition coefficient (Wildman–Crippen LogP) is 0.839. The van der Waals surface area contributed by atoms with Crippen LogP contribution in [0.4, 0.5) is 0 Å². The number of carbonyl (C=O) groups excluding carboxylic acids is 1. The van der Waals surface area contributed by atoms with Crippen molar-refractivity contribution in [2.24, 2.45) is 17.6 Å². The Morgan fingerprint density at radius 1 is 1.26 bits per heavy atom. The Hall–Kier alpha value is -1.62. The predicted molar refractivity (Wildman–Crippen MR) is 69.7 cm³/mol. The van der Waals surface area contributed by atoms with E-state index < -0.39 is 5.63 Å². The summed E-state index contributed by atoms with van der Waals surface area (Å²) in [6.45, 7) is 1.58. The van der Waals surface area contributed by atoms with Crippen LogP contribution in [-0.2, 0) is 0 Å². The van der Waals surface area contributed by atoms with Gasteiger partial charge in [0, 0.05) is 25.2 Å². The molecule has 0 bridgehead atoms. The van der Waals surface area contributed by atoms with Crippen LogP contribution in [-0.4, -0.2) is 29.9 Å². The molecule has 1 aliphatic heterocycles. The van der Waals surface area contributed by atoms with Crippen molar-refractivity contribution in [3.63, 3.8) is 0 Å². The standard InChI is InChI=1S/C14H18N2O3/c15-12-3-1-9-6-16(7-11(9)5-12)14(18)10-2-4-13(17)19-8-10/h2,4,8-9,11-12H,1,3,5-7,15H2/t9-,11+,12?/m1/s1. The number of nitrogens with zero attached hydrogens (tertiary/aromatic N) is 1. The molecular weight excluding hydrogens is 244 g/mol. The molecule has 5 nitrogen and oxygen atoms in total. The van der Waals surface area contributed by atoms with Crippen molar-refractivity contribution in [1.29, 1.82) is 0 Å². The van der Waals surface area contributed by atoms with Gasteiger partial charge in [-0.3, -0.25) is 4.79 Å². The molecule has 1 saturated heterocycles. The van der Waals surface area contributed by atoms with E-state index in [4.69, 9.17) is 10.2 Å². The van der Waals surface area contributed by atoms with Crippen molar-refractivity contribution >= 4 is 5.91 Å². The average molecular weight is 262 g/mol. The molecule has 2 N–H and O–H groups in total. The van der Waals surface area contributed by atoms with Crippen LogP contribution in [0.2, 0.25) is 0 Å². The second-order valence-electron chi connectivity index (χ2n) is 5.65. The van der Waals surface area contributed by atoms with E-state index in [0.717, 1.165) is 32.4 Å². The smallest absolute Gasteiger partial charge is 0.335 e. The lowest BCUT2D eigenvalue weighted by Gasteiger charge is -2.27. The molecule has 2 heterocycles. The van der Waals surface area contributed by atoms with Gasteiger partial charge in [-0.15, -0.1) is 0 Å². The highest BCUT2D eigenvalue weighted by atomic mass is 16.4. The number of carbonyl (C=O) groups is 1. The minimum atomic E-state index is -0.433. The molecule has 102 valence electrons. The van der Waals surface area contributed by atoms with Gasteiger partial charge in [-0.1, -0.05) is 0 Å². The largest absolute Gasteiger partial charge is 0.430 e. The highest BCUT2D eigenvalue weighted by Gasteiger charge is 2.38. The SMILES string of the molecule is NC1CC[C@@H]2CN(C(=O)c3ccc(=O)oc3)C[C@@H]2C1. The monoisotopic (exact) mass is 262 g/mol. The van der Waals surface area contributed by atoms with Crippen LogP contribution in [0.25, 0.3) is 0 Å². The number of nitrogens with two attached hydrogens (primary N) is 1. The van der Waals surface area contributed by atoms with Crippen molar-refractivity contribution in [1.82, 2.24) is 4.90 Å². The van der Waals surface area contributed by atoms with Gasteiger partial charge in [-0.2, -0.15) is 0 Å². The Morgan fingerprint density at radius 3 is 2.79 bits per heavy atom. The van der Waals surface area contributed by atoms with Crippen LogP contribution in [0.1, 0.15) is 29.6 Å². The Labute approximate surface area is 111 Å². The summed E-state index contributed by atoms with van der Waals surface area (Å²) in [4.78, 5) is 25.1. The zero-order valence-electron chi connectivity index (χ0n) is 10.7. The molecule has 1 aromatic rings. The van der Waals surface area contributed by atoms with Gasteiger partial charge in [0.25, 0.3) is 5.91 Å². The fourth-order valence-corrected chi connectivity index (χ4v) is 3.30. The van der Waals surface area contributed by atoms with Gasteiger partial charge in [-0.25, -0.2) is 4.79 Å². The number of likely N-dealkylation sites (tertiary alicyclic amines) is 1. The summed E-state index contributed by atoms with van der Waals surface area (Å²) >= 11 is 0. The normalized spacial score (nSPS) is 30.2. The van der Waals surface area contributed by atoms with Crippen molar-refractivity contribution in [2.75, 3.05) is 13.1 Å². The van der Waals surface area contributed by atoms with Crippen molar-refractivity contribution < 1.29 is 9.21 Å². The van der Waals surface area contributed by atoms with Gasteiger partial charge in [-0.05, 0) is 37.2 Å². The number of amides is 1. The molecule has 1 aromatic heterocycles. The summed E-state index contributed by atoms with van der Waals surface area (Å²) in [6.07, 6.45) is 4.43. The molecule has 1 amide bonds. The summed E-state index contributed by atoms with van der Waals surface area (Å²) in [7, 11) is 0. The molecule has 5 heteroatoms. The lowest BCUT2D eigenvalue weighted by atomic mass is 9.79. The van der Waals surface area contributed by atoms with Crippen molar-refractivity contribution in [2.45, 2.75) is 25.3 Å². The second-order valence-corrected chi connectivity index (χ2v) is 5.65. The van der Waals surface area contributed by atoms with E-state index in [1.807, 2.05) is 4.90 Å². The molecule has 1 unspecified atom stereocenters. The highest BCUT2D eigenvalue weighted by molar-refractivity contribution is 5.93. The maximum absolute atomic E-state index is 12.3. The minimum absolute atomic E-state index is 0.0493. The first-order chi connectivity index (χ1) is 9.13. The first kappa shape index (κ1) is 12.4. The van der Waals surface area contributed by atoms with Crippen LogP contribution in [0.3, 0.4) is 0 Å². The van der Waals surface area contributed by atoms with Crippen LogP contribution in [0.15, 0.2) is 27.6 Å². The van der Waals surface area contributed by atoms with Gasteiger partial charge in [0.1, 0.15) is 6.26 Å². The third-order valence-electron chi connectivity index (χ3n) is 4.33. The molecule has 3 rings (SSSR count). The third kappa shape index (κ3) is 2.42. The number of rotatable bonds is 1. The molecule has 19 heavy (non-hydrogen) atoms. The Morgan fingerprint density at radius 2 is 2.05 bits per heavy atom. The molecule has 0 radical (unpaired) electrons. The molecule has 0 spiro atoms. The molecule has 1 aliphatic carbocycles. The van der Waals surface area contributed by atoms with E-state index in [0.29, 0.717) is 17.4 Å². The first-order valence-corrected chi connectivity index (χ1v) is 6.77. The van der Waals surface area contributed by atoms with E-state index >= 15 is 0 Å². The number of fused-ring (bicyclic) bond motifs is 1. The number of hydrogen-bond donors (Lipinski definition) is 1. The van der Waals surface area contributed by atoms with Crippen LogP contribution >= 0.6 is 0 Å². The fraction of sp³-hybridized carbons (Fsp3) is 0.571. The Kier molecular flexibility index (Phi) is 3.14. The maximum atomic E-state index is 12.3. The van der Waals surface area contributed by atoms with Crippen molar-refractivity contribution in [3.8, 4) is 0 Å². The summed E-state index contributed by atoms with van der Waals surface area (Å²) < 4.78 is 4.75. The summed E-state index contributed by atoms with van der Waals surface area (Å²) in [5, 5.41) is 0. The Bertz CT molecular complexity index is 519. The molecule has 2 fully saturated rings. The molecule has 0 aromatic carbocycles. The van der Waals surface area contributed by atoms with E-state index in [2.05, 4.69) is 0 Å². The lowest BCUT2D eigenvalue weighted by Crippen LogP contribution is -2.32. The molecule has 2 aliphatic rings. The highest BCUT2D eigenvalue weighted by Crippen LogP contribution is 2.36. The van der Waals surface area contributed by atoms with Crippen LogP contribution in [0.5, 0.6) is 0 Å². The zero-order valence-corrected chi connectivity index (χ0v) is 10.7. The van der Waals surface area contributed by atoms with Gasteiger partial charge in [0.15, 0.2) is 0 Å². The third-order valence-corrected chi connectivity index (χ3v) is 4.33. The maximum Gasteiger partial charge on any atom is 0.335 e. The molecular formula is C14H18N2O3. The Balaban J connectivity index is 1.72. The van der Waals surface area contributed by atoms with E-state index in [-0.39, 0.29) is 11.9 Å². The van der Waals surface area contributed by atoms with Gasteiger partial charge < -0.3 is 15.1 Å². The van der Waals surface area contributed by atoms with E-state index in [1.54, 1.807) is 0 Å². The van der Waals surface area contributed by atoms with Crippen molar-refractivity contribution in [3.05, 3.63) is 34.4 Å².